The van der Waals surface area contributed by atoms with E-state index in [9.17, 15) is 10.1 Å². The van der Waals surface area contributed by atoms with Crippen LogP contribution in [-0.2, 0) is 0 Å². The van der Waals surface area contributed by atoms with Crippen LogP contribution < -0.4 is 0 Å². The average molecular weight is 230 g/mol. The van der Waals surface area contributed by atoms with Crippen LogP contribution in [0, 0.1) is 28.4 Å². The molecule has 2 aromatic heterocycles. The van der Waals surface area contributed by atoms with E-state index in [1.807, 2.05) is 0 Å². The molecule has 0 aliphatic carbocycles. The van der Waals surface area contributed by atoms with E-state index in [0.717, 1.165) is 4.68 Å². The fourth-order valence-corrected chi connectivity index (χ4v) is 1.35. The SMILES string of the molecule is Cc1ccnc(-n2cnc(C#N)n2)c1[N+](=O)[O-]. The lowest BCUT2D eigenvalue weighted by atomic mass is 10.2. The molecular weight excluding hydrogens is 224 g/mol. The molecule has 0 aliphatic rings. The Bertz CT molecular complexity index is 627. The lowest BCUT2D eigenvalue weighted by Crippen LogP contribution is -2.05. The van der Waals surface area contributed by atoms with Crippen molar-refractivity contribution in [1.82, 2.24) is 19.7 Å². The molecule has 2 rings (SSSR count). The number of pyridine rings is 1. The molecule has 0 atom stereocenters. The molecule has 0 saturated carbocycles. The van der Waals surface area contributed by atoms with Crippen molar-refractivity contribution in [1.29, 1.82) is 5.26 Å². The molecule has 0 radical (unpaired) electrons. The number of nitro groups is 1. The molecule has 2 aromatic rings. The first kappa shape index (κ1) is 10.7. The monoisotopic (exact) mass is 230 g/mol. The van der Waals surface area contributed by atoms with Crippen molar-refractivity contribution in [2.75, 3.05) is 0 Å². The summed E-state index contributed by atoms with van der Waals surface area (Å²) in [6.07, 6.45) is 2.65. The number of aryl methyl sites for hydroxylation is 1. The van der Waals surface area contributed by atoms with Gasteiger partial charge in [0.2, 0.25) is 5.82 Å². The van der Waals surface area contributed by atoms with E-state index in [0.29, 0.717) is 5.56 Å². The summed E-state index contributed by atoms with van der Waals surface area (Å²) in [4.78, 5) is 18.0. The molecule has 0 aromatic carbocycles. The Morgan fingerprint density at radius 1 is 1.53 bits per heavy atom. The Labute approximate surface area is 95.3 Å². The van der Waals surface area contributed by atoms with Gasteiger partial charge in [0.15, 0.2) is 0 Å². The number of hydrogen-bond donors (Lipinski definition) is 0. The number of hydrogen-bond acceptors (Lipinski definition) is 6. The maximum atomic E-state index is 10.9. The highest BCUT2D eigenvalue weighted by atomic mass is 16.6. The third-order valence-electron chi connectivity index (χ3n) is 2.10. The summed E-state index contributed by atoms with van der Waals surface area (Å²) in [5.74, 6) is -0.0217. The lowest BCUT2D eigenvalue weighted by molar-refractivity contribution is -0.385. The summed E-state index contributed by atoms with van der Waals surface area (Å²) in [7, 11) is 0. The van der Waals surface area contributed by atoms with E-state index >= 15 is 0 Å². The highest BCUT2D eigenvalue weighted by Gasteiger charge is 2.20. The van der Waals surface area contributed by atoms with Crippen LogP contribution >= 0.6 is 0 Å². The Balaban J connectivity index is 2.63. The summed E-state index contributed by atoms with van der Waals surface area (Å²) in [6, 6.07) is 3.27. The number of nitriles is 1. The first-order valence-corrected chi connectivity index (χ1v) is 4.55. The zero-order valence-corrected chi connectivity index (χ0v) is 8.73. The zero-order chi connectivity index (χ0) is 12.4. The second-order valence-corrected chi connectivity index (χ2v) is 3.18. The second-order valence-electron chi connectivity index (χ2n) is 3.18. The van der Waals surface area contributed by atoms with Crippen molar-refractivity contribution >= 4 is 5.69 Å². The predicted molar refractivity (Wildman–Crippen MR) is 55.3 cm³/mol. The van der Waals surface area contributed by atoms with Gasteiger partial charge in [-0.25, -0.2) is 9.97 Å². The number of aromatic nitrogens is 4. The first-order valence-electron chi connectivity index (χ1n) is 4.55. The Morgan fingerprint density at radius 2 is 2.29 bits per heavy atom. The van der Waals surface area contributed by atoms with Crippen LogP contribution in [0.25, 0.3) is 5.82 Å². The molecule has 0 saturated heterocycles. The van der Waals surface area contributed by atoms with E-state index in [1.54, 1.807) is 13.0 Å². The maximum Gasteiger partial charge on any atom is 0.316 e. The highest BCUT2D eigenvalue weighted by molar-refractivity contribution is 5.51. The Kier molecular flexibility index (Phi) is 2.50. The van der Waals surface area contributed by atoms with Gasteiger partial charge in [0, 0.05) is 11.8 Å². The zero-order valence-electron chi connectivity index (χ0n) is 8.73. The minimum absolute atomic E-state index is 0.0454. The van der Waals surface area contributed by atoms with Crippen LogP contribution in [0.5, 0.6) is 0 Å². The van der Waals surface area contributed by atoms with Crippen LogP contribution in [-0.4, -0.2) is 24.7 Å². The largest absolute Gasteiger partial charge is 0.316 e. The van der Waals surface area contributed by atoms with Crippen LogP contribution in [0.4, 0.5) is 5.69 Å². The summed E-state index contributed by atoms with van der Waals surface area (Å²) in [5.41, 5.74) is 0.316. The fraction of sp³-hybridized carbons (Fsp3) is 0.111. The topological polar surface area (TPSA) is 111 Å². The van der Waals surface area contributed by atoms with Gasteiger partial charge in [0.05, 0.1) is 4.92 Å². The van der Waals surface area contributed by atoms with Gasteiger partial charge in [-0.2, -0.15) is 9.94 Å². The van der Waals surface area contributed by atoms with Crippen molar-refractivity contribution in [3.8, 4) is 11.9 Å². The third kappa shape index (κ3) is 1.81. The molecule has 0 fully saturated rings. The molecule has 8 heteroatoms. The van der Waals surface area contributed by atoms with Gasteiger partial charge in [0.1, 0.15) is 12.4 Å². The van der Waals surface area contributed by atoms with Gasteiger partial charge in [0.25, 0.3) is 5.82 Å². The molecule has 0 N–H and O–H groups in total. The van der Waals surface area contributed by atoms with E-state index in [1.165, 1.54) is 18.6 Å². The standard InChI is InChI=1S/C9H6N6O2/c1-6-2-3-11-9(8(6)15(16)17)14-5-12-7(4-10)13-14/h2-3,5H,1H3. The van der Waals surface area contributed by atoms with Crippen molar-refractivity contribution < 1.29 is 4.92 Å². The molecule has 0 aliphatic heterocycles. The Hall–Kier alpha value is -2.82. The van der Waals surface area contributed by atoms with Crippen molar-refractivity contribution in [2.24, 2.45) is 0 Å². The van der Waals surface area contributed by atoms with Gasteiger partial charge in [-0.05, 0) is 13.0 Å². The van der Waals surface area contributed by atoms with Gasteiger partial charge in [-0.15, -0.1) is 5.10 Å². The third-order valence-corrected chi connectivity index (χ3v) is 2.10. The fourth-order valence-electron chi connectivity index (χ4n) is 1.35. The van der Waals surface area contributed by atoms with Gasteiger partial charge < -0.3 is 0 Å². The smallest absolute Gasteiger partial charge is 0.258 e. The Morgan fingerprint density at radius 3 is 2.88 bits per heavy atom. The van der Waals surface area contributed by atoms with Gasteiger partial charge in [-0.1, -0.05) is 0 Å². The maximum absolute atomic E-state index is 10.9. The van der Waals surface area contributed by atoms with Crippen LogP contribution in [0.3, 0.4) is 0 Å². The van der Waals surface area contributed by atoms with E-state index in [4.69, 9.17) is 5.26 Å². The number of rotatable bonds is 2. The second kappa shape index (κ2) is 3.97. The molecule has 0 spiro atoms. The molecule has 17 heavy (non-hydrogen) atoms. The van der Waals surface area contributed by atoms with Crippen LogP contribution in [0.2, 0.25) is 0 Å². The summed E-state index contributed by atoms with van der Waals surface area (Å²) in [5, 5.41) is 23.3. The summed E-state index contributed by atoms with van der Waals surface area (Å²) in [6.45, 7) is 1.60. The normalized spacial score (nSPS) is 9.88. The van der Waals surface area contributed by atoms with Crippen LogP contribution in [0.1, 0.15) is 11.4 Å². The molecule has 8 nitrogen and oxygen atoms in total. The highest BCUT2D eigenvalue weighted by Crippen LogP contribution is 2.23. The molecule has 0 unspecified atom stereocenters. The van der Waals surface area contributed by atoms with Gasteiger partial charge in [-0.3, -0.25) is 10.1 Å². The quantitative estimate of drug-likeness (QED) is 0.556. The van der Waals surface area contributed by atoms with Gasteiger partial charge >= 0.3 is 5.69 Å². The number of nitrogens with zero attached hydrogens (tertiary/aromatic N) is 6. The summed E-state index contributed by atoms with van der Waals surface area (Å²) < 4.78 is 1.11. The van der Waals surface area contributed by atoms with Crippen molar-refractivity contribution in [3.05, 3.63) is 40.1 Å². The first-order chi connectivity index (χ1) is 8.13. The van der Waals surface area contributed by atoms with E-state index in [-0.39, 0.29) is 17.3 Å². The molecule has 2 heterocycles. The predicted octanol–water partition coefficient (Wildman–Crippen LogP) is 0.751. The minimum Gasteiger partial charge on any atom is -0.258 e. The minimum atomic E-state index is -0.536. The average Bonchev–Trinajstić information content (AvgIpc) is 2.76. The van der Waals surface area contributed by atoms with Crippen molar-refractivity contribution in [3.63, 3.8) is 0 Å². The van der Waals surface area contributed by atoms with Crippen molar-refractivity contribution in [2.45, 2.75) is 6.92 Å². The lowest BCUT2D eigenvalue weighted by Gasteiger charge is -2.02. The molecule has 0 amide bonds. The molecule has 0 bridgehead atoms. The van der Waals surface area contributed by atoms with E-state index in [2.05, 4.69) is 15.1 Å². The molecule has 84 valence electrons. The summed E-state index contributed by atoms with van der Waals surface area (Å²) >= 11 is 0. The van der Waals surface area contributed by atoms with E-state index < -0.39 is 4.92 Å². The van der Waals surface area contributed by atoms with Crippen LogP contribution in [0.15, 0.2) is 18.6 Å². The molecular formula is C9H6N6O2.